The molecule has 2 aliphatic rings. The minimum atomic E-state index is -0.533. The van der Waals surface area contributed by atoms with Gasteiger partial charge in [-0.2, -0.15) is 15.1 Å². The number of carbonyl (C=O) groups excluding carboxylic acids is 1. The normalized spacial score (nSPS) is 15.7. The number of hydrazone groups is 1. The maximum Gasteiger partial charge on any atom is 0.283 e. The van der Waals surface area contributed by atoms with Crippen LogP contribution >= 0.6 is 55.2 Å². The first kappa shape index (κ1) is 27.4. The van der Waals surface area contributed by atoms with Gasteiger partial charge in [0.05, 0.1) is 22.2 Å². The third-order valence-electron chi connectivity index (χ3n) is 5.53. The molecule has 0 bridgehead atoms. The zero-order valence-electron chi connectivity index (χ0n) is 20.3. The Labute approximate surface area is 250 Å². The second kappa shape index (κ2) is 12.0. The van der Waals surface area contributed by atoms with Gasteiger partial charge in [0.25, 0.3) is 5.91 Å². The van der Waals surface area contributed by atoms with Gasteiger partial charge in [-0.3, -0.25) is 10.2 Å². The lowest BCUT2D eigenvalue weighted by molar-refractivity contribution is -0.114. The number of hydrogen-bond donors (Lipinski definition) is 1. The molecule has 12 heteroatoms. The lowest BCUT2D eigenvalue weighted by Gasteiger charge is -2.20. The monoisotopic (exact) mass is 688 g/mol. The fourth-order valence-electron chi connectivity index (χ4n) is 3.70. The first-order valence-electron chi connectivity index (χ1n) is 11.5. The summed E-state index contributed by atoms with van der Waals surface area (Å²) in [4.78, 5) is 17.0. The number of amidine groups is 2. The Morgan fingerprint density at radius 3 is 2.56 bits per heavy atom. The van der Waals surface area contributed by atoms with Gasteiger partial charge in [-0.05, 0) is 81.8 Å². The molecule has 0 saturated carbocycles. The van der Waals surface area contributed by atoms with Crippen LogP contribution in [0.3, 0.4) is 0 Å². The molecule has 5 rings (SSSR count). The second-order valence-corrected chi connectivity index (χ2v) is 11.2. The number of fused-ring (bicyclic) bond motifs is 1. The minimum Gasteiger partial charge on any atom is -0.493 e. The van der Waals surface area contributed by atoms with Gasteiger partial charge in [0.15, 0.2) is 17.3 Å². The molecule has 0 aliphatic carbocycles. The molecule has 2 heterocycles. The van der Waals surface area contributed by atoms with Crippen LogP contribution in [0.1, 0.15) is 11.1 Å². The van der Waals surface area contributed by atoms with Crippen LogP contribution in [-0.4, -0.2) is 47.3 Å². The summed E-state index contributed by atoms with van der Waals surface area (Å²) < 4.78 is 18.8. The molecule has 1 amide bonds. The predicted molar refractivity (Wildman–Crippen MR) is 161 cm³/mol. The largest absolute Gasteiger partial charge is 0.493 e. The summed E-state index contributed by atoms with van der Waals surface area (Å²) in [5.74, 6) is 1.07. The van der Waals surface area contributed by atoms with Gasteiger partial charge >= 0.3 is 0 Å². The maximum absolute atomic E-state index is 12.9. The fraction of sp³-hybridized carbons (Fsp3) is 0.111. The summed E-state index contributed by atoms with van der Waals surface area (Å²) in [6.45, 7) is 0.615. The first-order chi connectivity index (χ1) is 18.8. The molecule has 0 atom stereocenters. The lowest BCUT2D eigenvalue weighted by Crippen LogP contribution is -2.35. The van der Waals surface area contributed by atoms with Crippen LogP contribution in [0.4, 0.5) is 0 Å². The number of aliphatic imine (C=N–C) groups is 1. The van der Waals surface area contributed by atoms with Crippen molar-refractivity contribution in [2.45, 2.75) is 0 Å². The van der Waals surface area contributed by atoms with Crippen LogP contribution < -0.4 is 14.2 Å². The first-order valence-corrected chi connectivity index (χ1v) is 14.3. The van der Waals surface area contributed by atoms with E-state index >= 15 is 0 Å². The molecule has 2 aliphatic heterocycles. The highest BCUT2D eigenvalue weighted by molar-refractivity contribution is 9.10. The van der Waals surface area contributed by atoms with E-state index in [-0.39, 0.29) is 18.0 Å². The van der Waals surface area contributed by atoms with Gasteiger partial charge in [0, 0.05) is 10.0 Å². The Balaban J connectivity index is 1.33. The standard InChI is InChI=1S/C27H19Br2ClN4O4S/c1-36-22-14-15(13-20(29)23(22)38-11-10-37-17-8-6-16(28)7-9-17)12-19-24(31)34-27(32-25(19)35)39-26(33-34)18-4-2-3-5-21(18)30/h2-9,12-14,31H,10-11H2,1H3/b19-12-,31-24?. The molecule has 39 heavy (non-hydrogen) atoms. The van der Waals surface area contributed by atoms with Crippen molar-refractivity contribution < 1.29 is 19.0 Å². The van der Waals surface area contributed by atoms with Gasteiger partial charge in [-0.25, -0.2) is 0 Å². The van der Waals surface area contributed by atoms with Gasteiger partial charge in [-0.15, -0.1) is 0 Å². The molecule has 0 aromatic heterocycles. The number of hydrogen-bond acceptors (Lipinski definition) is 7. The van der Waals surface area contributed by atoms with Crippen LogP contribution in [-0.2, 0) is 4.79 Å². The van der Waals surface area contributed by atoms with Gasteiger partial charge in [0.1, 0.15) is 24.0 Å². The highest BCUT2D eigenvalue weighted by Gasteiger charge is 2.36. The van der Waals surface area contributed by atoms with E-state index in [2.05, 4.69) is 42.0 Å². The van der Waals surface area contributed by atoms with Crippen molar-refractivity contribution >= 4 is 83.3 Å². The Morgan fingerprint density at radius 2 is 1.82 bits per heavy atom. The van der Waals surface area contributed by atoms with Crippen LogP contribution in [0.25, 0.3) is 6.08 Å². The summed E-state index contributed by atoms with van der Waals surface area (Å²) in [6.07, 6.45) is 1.58. The van der Waals surface area contributed by atoms with Crippen LogP contribution in [0.2, 0.25) is 5.02 Å². The van der Waals surface area contributed by atoms with Crippen molar-refractivity contribution in [3.8, 4) is 17.2 Å². The highest BCUT2D eigenvalue weighted by Crippen LogP contribution is 2.38. The number of benzene rings is 3. The zero-order chi connectivity index (χ0) is 27.5. The summed E-state index contributed by atoms with van der Waals surface area (Å²) >= 11 is 14.4. The summed E-state index contributed by atoms with van der Waals surface area (Å²) in [7, 11) is 1.53. The molecule has 0 fully saturated rings. The molecule has 0 spiro atoms. The number of methoxy groups -OCH3 is 1. The third-order valence-corrected chi connectivity index (χ3v) is 7.92. The summed E-state index contributed by atoms with van der Waals surface area (Å²) in [5, 5.41) is 15.9. The number of nitrogens with one attached hydrogen (secondary N) is 1. The van der Waals surface area contributed by atoms with Crippen molar-refractivity contribution in [1.82, 2.24) is 5.01 Å². The summed E-state index contributed by atoms with van der Waals surface area (Å²) in [5.41, 5.74) is 1.42. The number of rotatable bonds is 8. The topological polar surface area (TPSA) is 96.6 Å². The Hall–Kier alpha value is -3.12. The Kier molecular flexibility index (Phi) is 8.41. The van der Waals surface area contributed by atoms with Crippen molar-refractivity contribution in [3.05, 3.63) is 91.3 Å². The molecular weight excluding hydrogens is 672 g/mol. The summed E-state index contributed by atoms with van der Waals surface area (Å²) in [6, 6.07) is 18.3. The molecule has 198 valence electrons. The molecule has 1 N–H and O–H groups in total. The smallest absolute Gasteiger partial charge is 0.283 e. The number of carbonyl (C=O) groups is 1. The SMILES string of the molecule is COc1cc(/C=C2/C(=N)N3N=C(c4ccccc4Cl)SC3=NC2=O)cc(Br)c1OCCOc1ccc(Br)cc1. The van der Waals surface area contributed by atoms with Crippen molar-refractivity contribution in [2.75, 3.05) is 20.3 Å². The highest BCUT2D eigenvalue weighted by atomic mass is 79.9. The number of thioether (sulfide) groups is 1. The van der Waals surface area contributed by atoms with E-state index in [4.69, 9.17) is 31.2 Å². The van der Waals surface area contributed by atoms with Gasteiger partial charge < -0.3 is 14.2 Å². The van der Waals surface area contributed by atoms with E-state index in [9.17, 15) is 4.79 Å². The molecule has 3 aromatic rings. The average molecular weight is 691 g/mol. The fourth-order valence-corrected chi connectivity index (χ4v) is 5.75. The molecular formula is C27H19Br2ClN4O4S. The lowest BCUT2D eigenvalue weighted by atomic mass is 10.1. The van der Waals surface area contributed by atoms with E-state index in [1.807, 2.05) is 42.5 Å². The molecule has 8 nitrogen and oxygen atoms in total. The number of halogens is 3. The molecule has 3 aromatic carbocycles. The Morgan fingerprint density at radius 1 is 1.08 bits per heavy atom. The van der Waals surface area contributed by atoms with Gasteiger partial charge in [0.2, 0.25) is 5.17 Å². The predicted octanol–water partition coefficient (Wildman–Crippen LogP) is 7.00. The average Bonchev–Trinajstić information content (AvgIpc) is 3.34. The Bertz CT molecular complexity index is 1560. The molecule has 0 saturated heterocycles. The zero-order valence-corrected chi connectivity index (χ0v) is 25.0. The van der Waals surface area contributed by atoms with Crippen LogP contribution in [0, 0.1) is 5.41 Å². The van der Waals surface area contributed by atoms with Crippen LogP contribution in [0.5, 0.6) is 17.2 Å². The van der Waals surface area contributed by atoms with E-state index in [0.717, 1.165) is 10.2 Å². The number of nitrogens with zero attached hydrogens (tertiary/aromatic N) is 3. The van der Waals surface area contributed by atoms with Crippen molar-refractivity contribution in [1.29, 1.82) is 5.41 Å². The minimum absolute atomic E-state index is 0.0833. The van der Waals surface area contributed by atoms with E-state index in [1.54, 1.807) is 24.3 Å². The van der Waals surface area contributed by atoms with Crippen molar-refractivity contribution in [2.24, 2.45) is 10.1 Å². The molecule has 0 radical (unpaired) electrons. The van der Waals surface area contributed by atoms with E-state index in [1.165, 1.54) is 23.9 Å². The van der Waals surface area contributed by atoms with E-state index < -0.39 is 5.91 Å². The third kappa shape index (κ3) is 6.06. The number of amides is 1. The van der Waals surface area contributed by atoms with E-state index in [0.29, 0.717) is 48.9 Å². The van der Waals surface area contributed by atoms with Crippen molar-refractivity contribution in [3.63, 3.8) is 0 Å². The quantitative estimate of drug-likeness (QED) is 0.202. The number of ether oxygens (including phenoxy) is 3. The maximum atomic E-state index is 12.9. The van der Waals surface area contributed by atoms with Crippen LogP contribution in [0.15, 0.2) is 85.3 Å². The van der Waals surface area contributed by atoms with Gasteiger partial charge in [-0.1, -0.05) is 45.7 Å². The molecule has 0 unspecified atom stereocenters. The second-order valence-electron chi connectivity index (χ2n) is 8.09.